The molecule has 2 aliphatic rings. The molecule has 2 aromatic rings. The van der Waals surface area contributed by atoms with Gasteiger partial charge in [-0.3, -0.25) is 4.79 Å². The van der Waals surface area contributed by atoms with Gasteiger partial charge in [-0.2, -0.15) is 15.0 Å². The first kappa shape index (κ1) is 24.1. The molecule has 0 spiro atoms. The summed E-state index contributed by atoms with van der Waals surface area (Å²) in [6.07, 6.45) is 7.93. The Morgan fingerprint density at radius 2 is 1.85 bits per heavy atom. The molecule has 1 aromatic carbocycles. The van der Waals surface area contributed by atoms with Crippen molar-refractivity contribution in [1.29, 1.82) is 0 Å². The normalized spacial score (nSPS) is 20.7. The van der Waals surface area contributed by atoms with Crippen LogP contribution in [0.3, 0.4) is 0 Å². The maximum Gasteiger partial charge on any atom is 0.233 e. The summed E-state index contributed by atoms with van der Waals surface area (Å²) in [4.78, 5) is 25.8. The Bertz CT molecular complexity index is 991. The number of hydrogen-bond acceptors (Lipinski definition) is 9. The van der Waals surface area contributed by atoms with Crippen LogP contribution in [0, 0.1) is 11.7 Å². The lowest BCUT2D eigenvalue weighted by molar-refractivity contribution is -0.122. The highest BCUT2D eigenvalue weighted by Crippen LogP contribution is 2.26. The molecule has 1 aliphatic carbocycles. The molecule has 4 N–H and O–H groups in total. The van der Waals surface area contributed by atoms with Crippen LogP contribution in [0.25, 0.3) is 0 Å². The van der Waals surface area contributed by atoms with Gasteiger partial charge in [-0.15, -0.1) is 0 Å². The van der Waals surface area contributed by atoms with E-state index in [2.05, 4.69) is 36.2 Å². The summed E-state index contributed by atoms with van der Waals surface area (Å²) in [5.41, 5.74) is -0.124. The maximum atomic E-state index is 14.2. The van der Waals surface area contributed by atoms with Gasteiger partial charge in [0.2, 0.25) is 17.8 Å². The number of ether oxygens (including phenoxy) is 1. The number of halogens is 1. The van der Waals surface area contributed by atoms with Crippen LogP contribution in [-0.2, 0) is 4.79 Å². The lowest BCUT2D eigenvalue weighted by Crippen LogP contribution is -2.52. The quantitative estimate of drug-likeness (QED) is 0.410. The van der Waals surface area contributed by atoms with Gasteiger partial charge in [-0.1, -0.05) is 19.3 Å². The van der Waals surface area contributed by atoms with Crippen LogP contribution < -0.4 is 26.0 Å². The molecule has 1 saturated carbocycles. The predicted octanol–water partition coefficient (Wildman–Crippen LogP) is 3.88. The highest BCUT2D eigenvalue weighted by atomic mass is 19.1. The number of anilines is 4. The molecule has 184 valence electrons. The number of hydrogen-bond donors (Lipinski definition) is 4. The Labute approximate surface area is 199 Å². The fourth-order valence-corrected chi connectivity index (χ4v) is 4.70. The number of methoxy groups -OCH3 is 1. The lowest BCUT2D eigenvalue weighted by atomic mass is 9.89. The van der Waals surface area contributed by atoms with E-state index in [0.717, 1.165) is 25.9 Å². The molecule has 0 amide bonds. The van der Waals surface area contributed by atoms with Gasteiger partial charge in [0.15, 0.2) is 17.3 Å². The molecular formula is C24H34FN7O2. The average molecular weight is 472 g/mol. The fourth-order valence-electron chi connectivity index (χ4n) is 4.70. The van der Waals surface area contributed by atoms with E-state index in [1.165, 1.54) is 45.3 Å². The fraction of sp³-hybridized carbons (Fsp3) is 0.583. The van der Waals surface area contributed by atoms with Crippen molar-refractivity contribution in [2.75, 3.05) is 42.7 Å². The van der Waals surface area contributed by atoms with E-state index >= 15 is 0 Å². The Kier molecular flexibility index (Phi) is 7.77. The SMILES string of the molecule is COc1ccc(Nc2nc(NCC3CCCCC3)nc(NCC3(C(C)=O)CCCN3)n2)cc1F. The summed E-state index contributed by atoms with van der Waals surface area (Å²) in [6.45, 7) is 3.59. The summed E-state index contributed by atoms with van der Waals surface area (Å²) < 4.78 is 19.2. The van der Waals surface area contributed by atoms with E-state index in [9.17, 15) is 9.18 Å². The maximum absolute atomic E-state index is 14.2. The molecule has 0 bridgehead atoms. The Balaban J connectivity index is 1.52. The van der Waals surface area contributed by atoms with E-state index in [0.29, 0.717) is 30.0 Å². The number of aromatic nitrogens is 3. The predicted molar refractivity (Wildman–Crippen MR) is 130 cm³/mol. The first-order valence-electron chi connectivity index (χ1n) is 12.1. The molecule has 10 heteroatoms. The van der Waals surface area contributed by atoms with Crippen LogP contribution in [-0.4, -0.2) is 53.0 Å². The smallest absolute Gasteiger partial charge is 0.233 e. The van der Waals surface area contributed by atoms with Crippen LogP contribution in [0.1, 0.15) is 51.9 Å². The zero-order chi connectivity index (χ0) is 24.0. The molecule has 34 heavy (non-hydrogen) atoms. The zero-order valence-electron chi connectivity index (χ0n) is 19.9. The number of carbonyl (C=O) groups excluding carboxylic acids is 1. The van der Waals surface area contributed by atoms with Gasteiger partial charge in [0, 0.05) is 24.8 Å². The molecule has 1 atom stereocenters. The third-order valence-corrected chi connectivity index (χ3v) is 6.78. The minimum atomic E-state index is -0.616. The Morgan fingerprint density at radius 3 is 2.50 bits per heavy atom. The first-order chi connectivity index (χ1) is 16.5. The monoisotopic (exact) mass is 471 g/mol. The second kappa shape index (κ2) is 10.9. The summed E-state index contributed by atoms with van der Waals surface area (Å²) in [6, 6.07) is 4.57. The molecule has 1 saturated heterocycles. The molecule has 9 nitrogen and oxygen atoms in total. The third-order valence-electron chi connectivity index (χ3n) is 6.78. The summed E-state index contributed by atoms with van der Waals surface area (Å²) in [7, 11) is 1.42. The van der Waals surface area contributed by atoms with Crippen molar-refractivity contribution in [1.82, 2.24) is 20.3 Å². The molecule has 2 fully saturated rings. The average Bonchev–Trinajstić information content (AvgIpc) is 3.33. The number of carbonyl (C=O) groups is 1. The third kappa shape index (κ3) is 5.91. The summed E-state index contributed by atoms with van der Waals surface area (Å²) in [5.74, 6) is 1.45. The highest BCUT2D eigenvalue weighted by molar-refractivity contribution is 5.87. The van der Waals surface area contributed by atoms with Crippen molar-refractivity contribution in [2.24, 2.45) is 5.92 Å². The van der Waals surface area contributed by atoms with E-state index in [-0.39, 0.29) is 17.5 Å². The van der Waals surface area contributed by atoms with Gasteiger partial charge < -0.3 is 26.0 Å². The van der Waals surface area contributed by atoms with Crippen LogP contribution in [0.2, 0.25) is 0 Å². The number of rotatable bonds is 10. The van der Waals surface area contributed by atoms with Crippen LogP contribution in [0.15, 0.2) is 18.2 Å². The number of nitrogens with one attached hydrogen (secondary N) is 4. The lowest BCUT2D eigenvalue weighted by Gasteiger charge is -2.27. The van der Waals surface area contributed by atoms with Gasteiger partial charge in [0.25, 0.3) is 0 Å². The van der Waals surface area contributed by atoms with E-state index in [1.807, 2.05) is 0 Å². The van der Waals surface area contributed by atoms with Crippen molar-refractivity contribution in [3.8, 4) is 5.75 Å². The number of nitrogens with zero attached hydrogens (tertiary/aromatic N) is 3. The van der Waals surface area contributed by atoms with Crippen molar-refractivity contribution in [2.45, 2.75) is 57.4 Å². The van der Waals surface area contributed by atoms with E-state index in [4.69, 9.17) is 4.74 Å². The van der Waals surface area contributed by atoms with E-state index < -0.39 is 11.4 Å². The van der Waals surface area contributed by atoms with Gasteiger partial charge >= 0.3 is 0 Å². The van der Waals surface area contributed by atoms with E-state index in [1.54, 1.807) is 19.1 Å². The Morgan fingerprint density at radius 1 is 1.12 bits per heavy atom. The topological polar surface area (TPSA) is 113 Å². The minimum Gasteiger partial charge on any atom is -0.494 e. The van der Waals surface area contributed by atoms with Crippen LogP contribution in [0.4, 0.5) is 27.9 Å². The van der Waals surface area contributed by atoms with Crippen molar-refractivity contribution in [3.63, 3.8) is 0 Å². The van der Waals surface area contributed by atoms with Crippen molar-refractivity contribution >= 4 is 29.3 Å². The standard InChI is InChI=1S/C24H34FN7O2/c1-16(33)24(11-6-12-28-24)15-27-22-30-21(26-14-17-7-4-3-5-8-17)31-23(32-22)29-18-9-10-20(34-2)19(25)13-18/h9-10,13,17,28H,3-8,11-12,14-15H2,1-2H3,(H3,26,27,29,30,31,32). The van der Waals surface area contributed by atoms with Gasteiger partial charge in [-0.25, -0.2) is 4.39 Å². The molecule has 1 unspecified atom stereocenters. The van der Waals surface area contributed by atoms with Crippen LogP contribution >= 0.6 is 0 Å². The molecule has 1 aliphatic heterocycles. The highest BCUT2D eigenvalue weighted by Gasteiger charge is 2.38. The van der Waals surface area contributed by atoms with Gasteiger partial charge in [-0.05, 0) is 57.2 Å². The van der Waals surface area contributed by atoms with Gasteiger partial charge in [0.05, 0.1) is 12.6 Å². The van der Waals surface area contributed by atoms with Crippen molar-refractivity contribution < 1.29 is 13.9 Å². The van der Waals surface area contributed by atoms with Crippen LogP contribution in [0.5, 0.6) is 5.75 Å². The number of benzene rings is 1. The largest absolute Gasteiger partial charge is 0.494 e. The Hall–Kier alpha value is -3.01. The zero-order valence-corrected chi connectivity index (χ0v) is 19.9. The summed E-state index contributed by atoms with van der Waals surface area (Å²) >= 11 is 0. The molecule has 4 rings (SSSR count). The minimum absolute atomic E-state index is 0.0919. The number of ketones is 1. The van der Waals surface area contributed by atoms with Crippen molar-refractivity contribution in [3.05, 3.63) is 24.0 Å². The molecule has 1 aromatic heterocycles. The van der Waals surface area contributed by atoms with Gasteiger partial charge in [0.1, 0.15) is 0 Å². The molecule has 0 radical (unpaired) electrons. The first-order valence-corrected chi connectivity index (χ1v) is 12.1. The summed E-state index contributed by atoms with van der Waals surface area (Å²) in [5, 5.41) is 13.0. The molecule has 2 heterocycles. The second-order valence-electron chi connectivity index (χ2n) is 9.19. The molecular weight excluding hydrogens is 437 g/mol. The number of Topliss-reactive ketones (excluding diaryl/α,β-unsaturated/α-hetero) is 1. The second-order valence-corrected chi connectivity index (χ2v) is 9.19.